The average Bonchev–Trinajstić information content (AvgIpc) is 2.26. The van der Waals surface area contributed by atoms with Gasteiger partial charge in [-0.25, -0.2) is 0 Å². The van der Waals surface area contributed by atoms with Crippen molar-refractivity contribution < 1.29 is 9.72 Å². The Hall–Kier alpha value is -2.17. The molecule has 0 saturated carbocycles. The van der Waals surface area contributed by atoms with Crippen LogP contribution in [0, 0.1) is 10.1 Å². The highest BCUT2D eigenvalue weighted by Crippen LogP contribution is 2.29. The van der Waals surface area contributed by atoms with Crippen LogP contribution in [-0.4, -0.2) is 17.9 Å². The van der Waals surface area contributed by atoms with Gasteiger partial charge in [-0.05, 0) is 24.6 Å². The molecule has 0 atom stereocenters. The van der Waals surface area contributed by atoms with Crippen molar-refractivity contribution in [2.75, 3.05) is 11.9 Å². The average molecular weight is 234 g/mol. The molecule has 0 N–H and O–H groups in total. The smallest absolute Gasteiger partial charge is 0.278 e. The highest BCUT2D eigenvalue weighted by molar-refractivity contribution is 5.91. The molecule has 0 aromatic heterocycles. The molecule has 0 saturated heterocycles. The van der Waals surface area contributed by atoms with Gasteiger partial charge < -0.3 is 4.90 Å². The Morgan fingerprint density at radius 1 is 1.41 bits per heavy atom. The van der Waals surface area contributed by atoms with Gasteiger partial charge in [-0.3, -0.25) is 14.9 Å². The van der Waals surface area contributed by atoms with Gasteiger partial charge in [-0.2, -0.15) is 0 Å². The quantitative estimate of drug-likeness (QED) is 0.596. The van der Waals surface area contributed by atoms with Gasteiger partial charge in [0.1, 0.15) is 0 Å². The van der Waals surface area contributed by atoms with Crippen LogP contribution in [0.5, 0.6) is 0 Å². The molecule has 0 aliphatic carbocycles. The number of nitrogens with zero attached hydrogens (tertiary/aromatic N) is 2. The zero-order valence-electron chi connectivity index (χ0n) is 10.1. The molecule has 5 heteroatoms. The second kappa shape index (κ2) is 4.78. The Kier molecular flexibility index (Phi) is 3.62. The number of carbonyl (C=O) groups excluding carboxylic acids is 1. The first-order chi connectivity index (χ1) is 7.84. The topological polar surface area (TPSA) is 63.5 Å². The molecule has 0 aliphatic heterocycles. The summed E-state index contributed by atoms with van der Waals surface area (Å²) in [6, 6.07) is 4.65. The van der Waals surface area contributed by atoms with Crippen molar-refractivity contribution in [1.29, 1.82) is 0 Å². The summed E-state index contributed by atoms with van der Waals surface area (Å²) in [7, 11) is 1.57. The van der Waals surface area contributed by atoms with Crippen LogP contribution in [0.4, 0.5) is 11.4 Å². The summed E-state index contributed by atoms with van der Waals surface area (Å²) in [5.41, 5.74) is 1.56. The van der Waals surface area contributed by atoms with E-state index in [-0.39, 0.29) is 11.6 Å². The lowest BCUT2D eigenvalue weighted by Crippen LogP contribution is -2.22. The number of benzene rings is 1. The van der Waals surface area contributed by atoms with Crippen molar-refractivity contribution in [2.45, 2.75) is 13.8 Å². The first-order valence-electron chi connectivity index (χ1n) is 5.03. The molecule has 17 heavy (non-hydrogen) atoms. The van der Waals surface area contributed by atoms with Gasteiger partial charge in [0.2, 0.25) is 5.91 Å². The Labute approximate surface area is 99.5 Å². The normalized spacial score (nSPS) is 9.82. The van der Waals surface area contributed by atoms with Crippen LogP contribution in [0.1, 0.15) is 19.4 Å². The number of nitro benzene ring substituents is 1. The zero-order valence-corrected chi connectivity index (χ0v) is 10.1. The largest absolute Gasteiger partial charge is 0.315 e. The summed E-state index contributed by atoms with van der Waals surface area (Å²) >= 11 is 0. The van der Waals surface area contributed by atoms with Crippen LogP contribution in [0.3, 0.4) is 0 Å². The third kappa shape index (κ3) is 2.69. The summed E-state index contributed by atoms with van der Waals surface area (Å²) in [6.07, 6.45) is 0. The summed E-state index contributed by atoms with van der Waals surface area (Å²) in [4.78, 5) is 23.0. The Balaban J connectivity index is 3.33. The molecule has 5 nitrogen and oxygen atoms in total. The number of hydrogen-bond acceptors (Lipinski definition) is 3. The van der Waals surface area contributed by atoms with E-state index in [1.54, 1.807) is 26.1 Å². The van der Waals surface area contributed by atoms with E-state index in [1.807, 2.05) is 0 Å². The van der Waals surface area contributed by atoms with Crippen molar-refractivity contribution in [2.24, 2.45) is 0 Å². The lowest BCUT2D eigenvalue weighted by Gasteiger charge is -2.15. The predicted molar refractivity (Wildman–Crippen MR) is 66.9 cm³/mol. The van der Waals surface area contributed by atoms with E-state index in [0.717, 1.165) is 0 Å². The maximum Gasteiger partial charge on any atom is 0.278 e. The van der Waals surface area contributed by atoms with Crippen LogP contribution in [0.15, 0.2) is 24.8 Å². The van der Waals surface area contributed by atoms with Gasteiger partial charge >= 0.3 is 0 Å². The molecule has 0 spiro atoms. The molecule has 1 rings (SSSR count). The minimum atomic E-state index is -0.471. The molecule has 0 bridgehead atoms. The van der Waals surface area contributed by atoms with Gasteiger partial charge in [-0.1, -0.05) is 6.58 Å². The van der Waals surface area contributed by atoms with Gasteiger partial charge in [-0.15, -0.1) is 0 Å². The van der Waals surface area contributed by atoms with Gasteiger partial charge in [0.25, 0.3) is 5.69 Å². The molecule has 0 heterocycles. The maximum atomic E-state index is 11.2. The standard InChI is InChI=1S/C12H14N2O3/c1-8(2)11-6-5-10(13(4)9(3)15)7-12(11)14(16)17/h5-7H,1H2,2-4H3. The van der Waals surface area contributed by atoms with E-state index in [9.17, 15) is 14.9 Å². The van der Waals surface area contributed by atoms with Crippen molar-refractivity contribution >= 4 is 22.9 Å². The number of nitro groups is 1. The van der Waals surface area contributed by atoms with Crippen LogP contribution < -0.4 is 4.90 Å². The Bertz CT molecular complexity index is 495. The third-order valence-electron chi connectivity index (χ3n) is 2.50. The summed E-state index contributed by atoms with van der Waals surface area (Å²) in [5, 5.41) is 10.9. The van der Waals surface area contributed by atoms with E-state index in [2.05, 4.69) is 6.58 Å². The van der Waals surface area contributed by atoms with E-state index >= 15 is 0 Å². The fourth-order valence-corrected chi connectivity index (χ4v) is 1.42. The first kappa shape index (κ1) is 12.9. The molecule has 0 radical (unpaired) electrons. The Morgan fingerprint density at radius 3 is 2.41 bits per heavy atom. The van der Waals surface area contributed by atoms with Crippen molar-refractivity contribution in [3.8, 4) is 0 Å². The fourth-order valence-electron chi connectivity index (χ4n) is 1.42. The van der Waals surface area contributed by atoms with Crippen molar-refractivity contribution in [1.82, 2.24) is 0 Å². The highest BCUT2D eigenvalue weighted by Gasteiger charge is 2.17. The second-order valence-electron chi connectivity index (χ2n) is 3.82. The number of hydrogen-bond donors (Lipinski definition) is 0. The summed E-state index contributed by atoms with van der Waals surface area (Å²) < 4.78 is 0. The van der Waals surface area contributed by atoms with E-state index in [4.69, 9.17) is 0 Å². The molecule has 0 aliphatic rings. The number of rotatable bonds is 3. The second-order valence-corrected chi connectivity index (χ2v) is 3.82. The monoisotopic (exact) mass is 234 g/mol. The number of amides is 1. The van der Waals surface area contributed by atoms with Crippen LogP contribution in [0.25, 0.3) is 5.57 Å². The van der Waals surface area contributed by atoms with Crippen molar-refractivity contribution in [3.63, 3.8) is 0 Å². The molecule has 1 amide bonds. The maximum absolute atomic E-state index is 11.2. The lowest BCUT2D eigenvalue weighted by molar-refractivity contribution is -0.385. The number of allylic oxidation sites excluding steroid dienone is 1. The molecule has 1 aromatic rings. The Morgan fingerprint density at radius 2 is 2.00 bits per heavy atom. The minimum Gasteiger partial charge on any atom is -0.315 e. The minimum absolute atomic E-state index is 0.0388. The summed E-state index contributed by atoms with van der Waals surface area (Å²) in [5.74, 6) is -0.178. The molecule has 90 valence electrons. The number of anilines is 1. The predicted octanol–water partition coefficient (Wildman–Crippen LogP) is 2.61. The van der Waals surface area contributed by atoms with Crippen LogP contribution >= 0.6 is 0 Å². The van der Waals surface area contributed by atoms with Crippen molar-refractivity contribution in [3.05, 3.63) is 40.5 Å². The molecular formula is C12H14N2O3. The first-order valence-corrected chi connectivity index (χ1v) is 5.03. The van der Waals surface area contributed by atoms with Gasteiger partial charge in [0, 0.05) is 20.0 Å². The molecule has 0 fully saturated rings. The third-order valence-corrected chi connectivity index (χ3v) is 2.50. The van der Waals surface area contributed by atoms with E-state index in [0.29, 0.717) is 16.8 Å². The fraction of sp³-hybridized carbons (Fsp3) is 0.250. The van der Waals surface area contributed by atoms with Crippen LogP contribution in [-0.2, 0) is 4.79 Å². The SMILES string of the molecule is C=C(C)c1ccc(N(C)C(C)=O)cc1[N+](=O)[O-]. The van der Waals surface area contributed by atoms with Gasteiger partial charge in [0.05, 0.1) is 16.2 Å². The van der Waals surface area contributed by atoms with Gasteiger partial charge in [0.15, 0.2) is 0 Å². The highest BCUT2D eigenvalue weighted by atomic mass is 16.6. The molecule has 0 unspecified atom stereocenters. The molecular weight excluding hydrogens is 220 g/mol. The van der Waals surface area contributed by atoms with E-state index in [1.165, 1.54) is 17.9 Å². The lowest BCUT2D eigenvalue weighted by atomic mass is 10.1. The summed E-state index contributed by atoms with van der Waals surface area (Å²) in [6.45, 7) is 6.80. The molecule has 1 aromatic carbocycles. The zero-order chi connectivity index (χ0) is 13.2. The van der Waals surface area contributed by atoms with Crippen LogP contribution in [0.2, 0.25) is 0 Å². The van der Waals surface area contributed by atoms with E-state index < -0.39 is 4.92 Å². The number of carbonyl (C=O) groups is 1.